The Morgan fingerprint density at radius 3 is 2.89 bits per heavy atom. The summed E-state index contributed by atoms with van der Waals surface area (Å²) in [6.07, 6.45) is 5.29. The summed E-state index contributed by atoms with van der Waals surface area (Å²) in [6.45, 7) is 5.05. The lowest BCUT2D eigenvalue weighted by molar-refractivity contribution is -0.151. The first-order valence-electron chi connectivity index (χ1n) is 6.77. The molecule has 0 bridgehead atoms. The fraction of sp³-hybridized carbons (Fsp3) is 0.714. The van der Waals surface area contributed by atoms with E-state index in [2.05, 4.69) is 13.0 Å². The summed E-state index contributed by atoms with van der Waals surface area (Å²) in [5.74, 6) is -0.179. The molecule has 1 heterocycles. The molecule has 4 nitrogen and oxygen atoms in total. The van der Waals surface area contributed by atoms with Crippen molar-refractivity contribution in [2.75, 3.05) is 13.2 Å². The molecule has 1 aliphatic heterocycles. The number of nitrogens with zero attached hydrogens (tertiary/aromatic N) is 1. The van der Waals surface area contributed by atoms with Gasteiger partial charge < -0.3 is 9.64 Å². The Labute approximate surface area is 108 Å². The topological polar surface area (TPSA) is 46.6 Å². The fourth-order valence-corrected chi connectivity index (χ4v) is 2.84. The smallest absolute Gasteiger partial charge is 0.311 e. The number of amides is 1. The zero-order chi connectivity index (χ0) is 13.1. The largest absolute Gasteiger partial charge is 0.466 e. The molecule has 0 spiro atoms. The third-order valence-corrected chi connectivity index (χ3v) is 3.78. The molecule has 0 N–H and O–H groups in total. The van der Waals surface area contributed by atoms with E-state index in [0.717, 1.165) is 25.8 Å². The van der Waals surface area contributed by atoms with Gasteiger partial charge in [-0.1, -0.05) is 11.6 Å². The molecule has 100 valence electrons. The highest BCUT2D eigenvalue weighted by Crippen LogP contribution is 2.30. The lowest BCUT2D eigenvalue weighted by atomic mass is 9.85. The Morgan fingerprint density at radius 2 is 2.28 bits per heavy atom. The van der Waals surface area contributed by atoms with Gasteiger partial charge in [-0.3, -0.25) is 9.59 Å². The van der Waals surface area contributed by atoms with Crippen molar-refractivity contribution in [3.63, 3.8) is 0 Å². The molecule has 1 fully saturated rings. The minimum absolute atomic E-state index is 0.0900. The third-order valence-electron chi connectivity index (χ3n) is 3.78. The van der Waals surface area contributed by atoms with Gasteiger partial charge in [-0.25, -0.2) is 0 Å². The minimum atomic E-state index is -0.185. The molecule has 2 atom stereocenters. The van der Waals surface area contributed by atoms with Gasteiger partial charge in [-0.05, 0) is 33.1 Å². The van der Waals surface area contributed by atoms with Crippen molar-refractivity contribution in [2.45, 2.75) is 45.6 Å². The molecule has 2 rings (SSSR count). The molecule has 0 aromatic heterocycles. The van der Waals surface area contributed by atoms with Crippen LogP contribution in [0, 0.1) is 5.92 Å². The molecule has 18 heavy (non-hydrogen) atoms. The molecule has 4 heteroatoms. The Kier molecular flexibility index (Phi) is 4.04. The maximum absolute atomic E-state index is 12.0. The van der Waals surface area contributed by atoms with E-state index in [9.17, 15) is 9.59 Å². The van der Waals surface area contributed by atoms with Crippen molar-refractivity contribution in [1.29, 1.82) is 0 Å². The van der Waals surface area contributed by atoms with Crippen LogP contribution in [0.1, 0.15) is 39.5 Å². The van der Waals surface area contributed by atoms with Gasteiger partial charge in [0.2, 0.25) is 5.91 Å². The molecular formula is C14H21NO3. The zero-order valence-electron chi connectivity index (χ0n) is 11.1. The number of allylic oxidation sites excluding steroid dienone is 1. The van der Waals surface area contributed by atoms with E-state index in [1.165, 1.54) is 5.57 Å². The lowest BCUT2D eigenvalue weighted by Gasteiger charge is -2.34. The van der Waals surface area contributed by atoms with Crippen molar-refractivity contribution in [3.8, 4) is 0 Å². The molecule has 0 radical (unpaired) electrons. The number of ether oxygens (including phenoxy) is 1. The predicted molar refractivity (Wildman–Crippen MR) is 67.8 cm³/mol. The standard InChI is InChI=1S/C14H21NO3/c1-3-18-14(17)11-7-6-10(2)9-12(11)15-8-4-5-13(15)16/h9,11-12H,3-8H2,1-2H3. The van der Waals surface area contributed by atoms with Gasteiger partial charge in [0, 0.05) is 13.0 Å². The number of carbonyl (C=O) groups excluding carboxylic acids is 2. The van der Waals surface area contributed by atoms with Gasteiger partial charge in [0.25, 0.3) is 0 Å². The molecule has 0 aromatic carbocycles. The number of likely N-dealkylation sites (tertiary alicyclic amines) is 1. The lowest BCUT2D eigenvalue weighted by Crippen LogP contribution is -2.45. The maximum Gasteiger partial charge on any atom is 0.311 e. The van der Waals surface area contributed by atoms with Crippen LogP contribution in [0.15, 0.2) is 11.6 Å². The molecule has 0 saturated carbocycles. The fourth-order valence-electron chi connectivity index (χ4n) is 2.84. The van der Waals surface area contributed by atoms with Crippen molar-refractivity contribution in [2.24, 2.45) is 5.92 Å². The SMILES string of the molecule is CCOC(=O)C1CCC(C)=CC1N1CCCC1=O. The van der Waals surface area contributed by atoms with Crippen molar-refractivity contribution in [3.05, 3.63) is 11.6 Å². The van der Waals surface area contributed by atoms with Crippen molar-refractivity contribution in [1.82, 2.24) is 4.90 Å². The Balaban J connectivity index is 2.17. The Hall–Kier alpha value is -1.32. The number of hydrogen-bond donors (Lipinski definition) is 0. The zero-order valence-corrected chi connectivity index (χ0v) is 11.1. The summed E-state index contributed by atoms with van der Waals surface area (Å²) in [5.41, 5.74) is 1.26. The van der Waals surface area contributed by atoms with Crippen LogP contribution < -0.4 is 0 Å². The van der Waals surface area contributed by atoms with Gasteiger partial charge >= 0.3 is 5.97 Å². The predicted octanol–water partition coefficient (Wildman–Crippen LogP) is 1.90. The molecule has 2 aliphatic rings. The van der Waals surface area contributed by atoms with E-state index in [-0.39, 0.29) is 23.8 Å². The van der Waals surface area contributed by atoms with E-state index in [1.807, 2.05) is 11.8 Å². The van der Waals surface area contributed by atoms with Crippen LogP contribution in [0.25, 0.3) is 0 Å². The highest BCUT2D eigenvalue weighted by atomic mass is 16.5. The van der Waals surface area contributed by atoms with Crippen LogP contribution in [-0.2, 0) is 14.3 Å². The van der Waals surface area contributed by atoms with Crippen LogP contribution in [0.4, 0.5) is 0 Å². The highest BCUT2D eigenvalue weighted by Gasteiger charge is 2.38. The van der Waals surface area contributed by atoms with Crippen LogP contribution in [-0.4, -0.2) is 36.0 Å². The summed E-state index contributed by atoms with van der Waals surface area (Å²) >= 11 is 0. The van der Waals surface area contributed by atoms with E-state index in [0.29, 0.717) is 13.0 Å². The van der Waals surface area contributed by atoms with Crippen LogP contribution in [0.2, 0.25) is 0 Å². The molecule has 1 amide bonds. The molecule has 1 saturated heterocycles. The quantitative estimate of drug-likeness (QED) is 0.568. The average Bonchev–Trinajstić information content (AvgIpc) is 2.75. The normalized spacial score (nSPS) is 28.2. The second kappa shape index (κ2) is 5.55. The number of esters is 1. The molecular weight excluding hydrogens is 230 g/mol. The van der Waals surface area contributed by atoms with Crippen molar-refractivity contribution >= 4 is 11.9 Å². The summed E-state index contributed by atoms with van der Waals surface area (Å²) in [7, 11) is 0. The Bertz CT molecular complexity index is 375. The van der Waals surface area contributed by atoms with E-state index in [4.69, 9.17) is 4.74 Å². The monoisotopic (exact) mass is 251 g/mol. The minimum Gasteiger partial charge on any atom is -0.466 e. The van der Waals surface area contributed by atoms with Gasteiger partial charge in [0.05, 0.1) is 18.6 Å². The first-order chi connectivity index (χ1) is 8.63. The summed E-state index contributed by atoms with van der Waals surface area (Å²) in [5, 5.41) is 0. The Morgan fingerprint density at radius 1 is 1.50 bits per heavy atom. The van der Waals surface area contributed by atoms with Gasteiger partial charge in [-0.2, -0.15) is 0 Å². The summed E-state index contributed by atoms with van der Waals surface area (Å²) in [4.78, 5) is 25.7. The maximum atomic E-state index is 12.0. The molecule has 1 aliphatic carbocycles. The average molecular weight is 251 g/mol. The van der Waals surface area contributed by atoms with E-state index >= 15 is 0 Å². The molecule has 2 unspecified atom stereocenters. The first kappa shape index (κ1) is 13.1. The van der Waals surface area contributed by atoms with E-state index < -0.39 is 0 Å². The van der Waals surface area contributed by atoms with Crippen LogP contribution in [0.5, 0.6) is 0 Å². The number of hydrogen-bond acceptors (Lipinski definition) is 3. The third kappa shape index (κ3) is 2.57. The van der Waals surface area contributed by atoms with E-state index in [1.54, 1.807) is 0 Å². The van der Waals surface area contributed by atoms with Gasteiger partial charge in [0.1, 0.15) is 0 Å². The second-order valence-corrected chi connectivity index (χ2v) is 5.09. The van der Waals surface area contributed by atoms with Crippen molar-refractivity contribution < 1.29 is 14.3 Å². The van der Waals surface area contributed by atoms with Crippen LogP contribution in [0.3, 0.4) is 0 Å². The van der Waals surface area contributed by atoms with Gasteiger partial charge in [0.15, 0.2) is 0 Å². The summed E-state index contributed by atoms with van der Waals surface area (Å²) in [6, 6.07) is -0.0900. The number of carbonyl (C=O) groups is 2. The first-order valence-corrected chi connectivity index (χ1v) is 6.77. The van der Waals surface area contributed by atoms with Gasteiger partial charge in [-0.15, -0.1) is 0 Å². The second-order valence-electron chi connectivity index (χ2n) is 5.09. The summed E-state index contributed by atoms with van der Waals surface area (Å²) < 4.78 is 5.14. The highest BCUT2D eigenvalue weighted by molar-refractivity contribution is 5.81. The van der Waals surface area contributed by atoms with Crippen LogP contribution >= 0.6 is 0 Å². The number of rotatable bonds is 3. The molecule has 0 aromatic rings.